The van der Waals surface area contributed by atoms with Crippen LogP contribution >= 0.6 is 0 Å². The molecule has 0 radical (unpaired) electrons. The standard InChI is InChI=1S/C28H19F3N2O8/c1-9-14(34)6-13-18(21(9)35)25(39)20-19(22(13)36)24(38)17-12(26(20)41-2)4-3-10-5-11-7-32-33(8-28(29,30)31)27(40)16(11)23(37)15(10)17/h5-7,34-35,37-38H,3-4,8H2,1-2H3. The first-order valence-corrected chi connectivity index (χ1v) is 12.2. The van der Waals surface area contributed by atoms with Crippen LogP contribution in [-0.2, 0) is 19.4 Å². The fourth-order valence-electron chi connectivity index (χ4n) is 5.76. The van der Waals surface area contributed by atoms with Crippen LogP contribution in [-0.4, -0.2) is 55.1 Å². The molecule has 0 spiro atoms. The summed E-state index contributed by atoms with van der Waals surface area (Å²) >= 11 is 0. The number of methoxy groups -OCH3 is 1. The molecule has 3 aromatic carbocycles. The molecule has 0 amide bonds. The van der Waals surface area contributed by atoms with Gasteiger partial charge >= 0.3 is 6.18 Å². The van der Waals surface area contributed by atoms with E-state index in [9.17, 15) is 48.0 Å². The minimum atomic E-state index is -4.77. The molecular weight excluding hydrogens is 549 g/mol. The van der Waals surface area contributed by atoms with Crippen molar-refractivity contribution in [2.45, 2.75) is 32.5 Å². The smallest absolute Gasteiger partial charge is 0.408 e. The molecule has 0 saturated carbocycles. The van der Waals surface area contributed by atoms with Gasteiger partial charge in [-0.2, -0.15) is 18.3 Å². The minimum Gasteiger partial charge on any atom is -0.508 e. The molecule has 4 aromatic rings. The average Bonchev–Trinajstić information content (AvgIpc) is 2.90. The number of carbonyl (C=O) groups excluding carboxylic acids is 2. The van der Waals surface area contributed by atoms with Gasteiger partial charge in [-0.25, -0.2) is 4.68 Å². The number of ether oxygens (including phenoxy) is 1. The number of aromatic nitrogens is 2. The number of fused-ring (bicyclic) bond motifs is 6. The number of phenolic OH excluding ortho intramolecular Hbond substituents is 4. The third kappa shape index (κ3) is 3.51. The Balaban J connectivity index is 1.69. The highest BCUT2D eigenvalue weighted by Gasteiger charge is 2.42. The highest BCUT2D eigenvalue weighted by molar-refractivity contribution is 6.32. The summed E-state index contributed by atoms with van der Waals surface area (Å²) in [6.45, 7) is -0.349. The normalized spacial score (nSPS) is 14.0. The Kier molecular flexibility index (Phi) is 5.40. The zero-order valence-electron chi connectivity index (χ0n) is 21.3. The summed E-state index contributed by atoms with van der Waals surface area (Å²) in [5, 5.41) is 46.8. The molecule has 13 heteroatoms. The second kappa shape index (κ2) is 8.46. The highest BCUT2D eigenvalue weighted by atomic mass is 19.4. The number of halogens is 3. The molecule has 6 rings (SSSR count). The second-order valence-corrected chi connectivity index (χ2v) is 9.88. The number of hydrogen-bond donors (Lipinski definition) is 4. The lowest BCUT2D eigenvalue weighted by atomic mass is 9.75. The Labute approximate surface area is 227 Å². The average molecular weight is 568 g/mol. The molecule has 2 aliphatic carbocycles. The van der Waals surface area contributed by atoms with Gasteiger partial charge in [-0.3, -0.25) is 14.4 Å². The molecule has 0 aliphatic heterocycles. The lowest BCUT2D eigenvalue weighted by Crippen LogP contribution is -2.30. The van der Waals surface area contributed by atoms with Crippen molar-refractivity contribution in [3.05, 3.63) is 67.6 Å². The summed E-state index contributed by atoms with van der Waals surface area (Å²) in [5.74, 6) is -4.44. The van der Waals surface area contributed by atoms with Crippen molar-refractivity contribution in [1.29, 1.82) is 0 Å². The zero-order chi connectivity index (χ0) is 29.7. The fourth-order valence-corrected chi connectivity index (χ4v) is 5.76. The van der Waals surface area contributed by atoms with E-state index in [-0.39, 0.29) is 67.6 Å². The summed E-state index contributed by atoms with van der Waals surface area (Å²) in [6.07, 6.45) is -3.41. The number of benzene rings is 3. The molecule has 0 saturated heterocycles. The van der Waals surface area contributed by atoms with Crippen molar-refractivity contribution in [2.75, 3.05) is 7.11 Å². The van der Waals surface area contributed by atoms with Gasteiger partial charge in [0.15, 0.2) is 5.78 Å². The third-order valence-electron chi connectivity index (χ3n) is 7.60. The molecule has 10 nitrogen and oxygen atoms in total. The number of hydrogen-bond acceptors (Lipinski definition) is 9. The van der Waals surface area contributed by atoms with Crippen LogP contribution in [0.5, 0.6) is 28.7 Å². The van der Waals surface area contributed by atoms with E-state index in [0.717, 1.165) is 12.3 Å². The van der Waals surface area contributed by atoms with Crippen molar-refractivity contribution < 1.29 is 47.9 Å². The van der Waals surface area contributed by atoms with Gasteiger partial charge in [-0.1, -0.05) is 0 Å². The van der Waals surface area contributed by atoms with Gasteiger partial charge in [-0.05, 0) is 37.5 Å². The number of ketones is 2. The molecule has 41 heavy (non-hydrogen) atoms. The Morgan fingerprint density at radius 3 is 2.27 bits per heavy atom. The van der Waals surface area contributed by atoms with Crippen molar-refractivity contribution in [2.24, 2.45) is 0 Å². The number of rotatable bonds is 2. The molecule has 1 heterocycles. The van der Waals surface area contributed by atoms with Crippen LogP contribution in [0.15, 0.2) is 23.1 Å². The van der Waals surface area contributed by atoms with Crippen molar-refractivity contribution in [3.63, 3.8) is 0 Å². The first kappa shape index (κ1) is 26.2. The highest BCUT2D eigenvalue weighted by Crippen LogP contribution is 2.54. The number of aryl methyl sites for hydroxylation is 1. The number of phenols is 4. The quantitative estimate of drug-likeness (QED) is 0.249. The maximum Gasteiger partial charge on any atom is 0.408 e. The van der Waals surface area contributed by atoms with Crippen molar-refractivity contribution in [1.82, 2.24) is 9.78 Å². The molecule has 2 aliphatic rings. The molecule has 1 aromatic heterocycles. The van der Waals surface area contributed by atoms with Gasteiger partial charge in [0, 0.05) is 33.2 Å². The van der Waals surface area contributed by atoms with Gasteiger partial charge in [0.25, 0.3) is 5.56 Å². The second-order valence-electron chi connectivity index (χ2n) is 9.88. The summed E-state index contributed by atoms with van der Waals surface area (Å²) in [5.41, 5.74) is -2.50. The molecule has 210 valence electrons. The number of nitrogens with zero attached hydrogens (tertiary/aromatic N) is 2. The predicted molar refractivity (Wildman–Crippen MR) is 136 cm³/mol. The van der Waals surface area contributed by atoms with Gasteiger partial charge < -0.3 is 25.2 Å². The summed E-state index contributed by atoms with van der Waals surface area (Å²) in [4.78, 5) is 40.3. The topological polar surface area (TPSA) is 159 Å². The zero-order valence-corrected chi connectivity index (χ0v) is 21.3. The maximum atomic E-state index is 13.7. The van der Waals surface area contributed by atoms with E-state index in [0.29, 0.717) is 5.56 Å². The first-order chi connectivity index (χ1) is 19.3. The van der Waals surface area contributed by atoms with E-state index < -0.39 is 63.8 Å². The Hall–Kier alpha value is -5.07. The van der Waals surface area contributed by atoms with E-state index in [4.69, 9.17) is 4.74 Å². The van der Waals surface area contributed by atoms with Crippen LogP contribution in [0.4, 0.5) is 13.2 Å². The SMILES string of the molecule is COc1c2c(c(O)c3c1C(=O)c1c(cc(O)c(C)c1O)C3=O)-c1c(cc3cnn(CC(F)(F)F)c(=O)c3c1O)CC2. The van der Waals surface area contributed by atoms with E-state index >= 15 is 0 Å². The van der Waals surface area contributed by atoms with Crippen LogP contribution in [0.1, 0.15) is 48.5 Å². The summed E-state index contributed by atoms with van der Waals surface area (Å²) < 4.78 is 44.8. The molecular formula is C28H19F3N2O8. The van der Waals surface area contributed by atoms with Gasteiger partial charge in [0.2, 0.25) is 5.78 Å². The molecule has 0 atom stereocenters. The van der Waals surface area contributed by atoms with Crippen LogP contribution in [0, 0.1) is 6.92 Å². The minimum absolute atomic E-state index is 0.0362. The van der Waals surface area contributed by atoms with E-state index in [1.54, 1.807) is 0 Å². The van der Waals surface area contributed by atoms with Gasteiger partial charge in [-0.15, -0.1) is 0 Å². The Morgan fingerprint density at radius 2 is 1.61 bits per heavy atom. The molecule has 4 N–H and O–H groups in total. The lowest BCUT2D eigenvalue weighted by Gasteiger charge is -2.29. The van der Waals surface area contributed by atoms with E-state index in [1.807, 2.05) is 0 Å². The third-order valence-corrected chi connectivity index (χ3v) is 7.60. The fraction of sp³-hybridized carbons (Fsp3) is 0.214. The Bertz CT molecular complexity index is 1960. The summed E-state index contributed by atoms with van der Waals surface area (Å²) in [6, 6.07) is 2.44. The largest absolute Gasteiger partial charge is 0.508 e. The molecule has 0 fully saturated rings. The maximum absolute atomic E-state index is 13.7. The predicted octanol–water partition coefficient (Wildman–Crippen LogP) is 3.64. The van der Waals surface area contributed by atoms with Crippen LogP contribution in [0.2, 0.25) is 0 Å². The summed E-state index contributed by atoms with van der Waals surface area (Å²) in [7, 11) is 1.22. The van der Waals surface area contributed by atoms with Crippen molar-refractivity contribution >= 4 is 22.3 Å². The van der Waals surface area contributed by atoms with Crippen LogP contribution in [0.25, 0.3) is 21.9 Å². The van der Waals surface area contributed by atoms with Gasteiger partial charge in [0.05, 0.1) is 35.4 Å². The van der Waals surface area contributed by atoms with Crippen LogP contribution < -0.4 is 10.3 Å². The Morgan fingerprint density at radius 1 is 0.902 bits per heavy atom. The number of alkyl halides is 3. The lowest BCUT2D eigenvalue weighted by molar-refractivity contribution is -0.143. The molecule has 0 bridgehead atoms. The van der Waals surface area contributed by atoms with E-state index in [1.165, 1.54) is 20.1 Å². The monoisotopic (exact) mass is 568 g/mol. The van der Waals surface area contributed by atoms with Crippen molar-refractivity contribution in [3.8, 4) is 39.9 Å². The van der Waals surface area contributed by atoms with Crippen LogP contribution in [0.3, 0.4) is 0 Å². The first-order valence-electron chi connectivity index (χ1n) is 12.2. The molecule has 0 unspecified atom stereocenters. The number of carbonyl (C=O) groups is 2. The van der Waals surface area contributed by atoms with Gasteiger partial charge in [0.1, 0.15) is 35.3 Å². The van der Waals surface area contributed by atoms with E-state index in [2.05, 4.69) is 5.10 Å². The number of aromatic hydroxyl groups is 4.